The third kappa shape index (κ3) is 2.64. The summed E-state index contributed by atoms with van der Waals surface area (Å²) in [6, 6.07) is 9.38. The summed E-state index contributed by atoms with van der Waals surface area (Å²) < 4.78 is 4.93. The minimum absolute atomic E-state index is 0.0681. The van der Waals surface area contributed by atoms with Crippen molar-refractivity contribution in [1.82, 2.24) is 4.90 Å². The number of rotatable bonds is 4. The van der Waals surface area contributed by atoms with Crippen molar-refractivity contribution in [3.8, 4) is 0 Å². The van der Waals surface area contributed by atoms with Crippen LogP contribution in [0.15, 0.2) is 30.3 Å². The van der Waals surface area contributed by atoms with E-state index in [4.69, 9.17) is 4.74 Å². The van der Waals surface area contributed by atoms with Gasteiger partial charge in [-0.3, -0.25) is 9.69 Å². The van der Waals surface area contributed by atoms with Crippen LogP contribution in [-0.4, -0.2) is 29.9 Å². The molecule has 1 aliphatic rings. The highest BCUT2D eigenvalue weighted by Gasteiger charge is 2.31. The number of benzene rings is 1. The van der Waals surface area contributed by atoms with E-state index in [9.17, 15) is 9.59 Å². The summed E-state index contributed by atoms with van der Waals surface area (Å²) in [5, 5.41) is 0. The Morgan fingerprint density at radius 2 is 2.12 bits per heavy atom. The Morgan fingerprint density at radius 1 is 1.41 bits per heavy atom. The highest BCUT2D eigenvalue weighted by Crippen LogP contribution is 2.27. The third-order valence-corrected chi connectivity index (χ3v) is 2.83. The molecule has 4 heteroatoms. The summed E-state index contributed by atoms with van der Waals surface area (Å²) in [6.07, 6.45) is -0.000784. The molecule has 1 amide bonds. The average Bonchev–Trinajstić information content (AvgIpc) is 2.73. The number of cyclic esters (lactones) is 1. The molecule has 0 aliphatic carbocycles. The molecule has 90 valence electrons. The van der Waals surface area contributed by atoms with Crippen molar-refractivity contribution in [2.24, 2.45) is 0 Å². The predicted molar refractivity (Wildman–Crippen MR) is 62.5 cm³/mol. The first kappa shape index (κ1) is 11.6. The Balaban J connectivity index is 2.25. The molecule has 0 N–H and O–H groups in total. The van der Waals surface area contributed by atoms with E-state index in [0.717, 1.165) is 5.56 Å². The minimum atomic E-state index is -0.333. The molecule has 0 spiro atoms. The van der Waals surface area contributed by atoms with Crippen LogP contribution in [0.3, 0.4) is 0 Å². The highest BCUT2D eigenvalue weighted by atomic mass is 16.6. The van der Waals surface area contributed by atoms with Gasteiger partial charge in [-0.1, -0.05) is 30.3 Å². The second kappa shape index (κ2) is 4.99. The van der Waals surface area contributed by atoms with E-state index in [-0.39, 0.29) is 17.9 Å². The third-order valence-electron chi connectivity index (χ3n) is 2.83. The quantitative estimate of drug-likeness (QED) is 0.800. The first-order valence-corrected chi connectivity index (χ1v) is 5.66. The van der Waals surface area contributed by atoms with E-state index < -0.39 is 0 Å². The first-order valence-electron chi connectivity index (χ1n) is 5.66. The summed E-state index contributed by atoms with van der Waals surface area (Å²) in [7, 11) is 0. The number of carbonyl (C=O) groups is 2. The van der Waals surface area contributed by atoms with Gasteiger partial charge in [0.1, 0.15) is 12.4 Å². The summed E-state index contributed by atoms with van der Waals surface area (Å²) in [6.45, 7) is 2.49. The summed E-state index contributed by atoms with van der Waals surface area (Å²) in [4.78, 5) is 24.5. The molecule has 1 fully saturated rings. The van der Waals surface area contributed by atoms with E-state index in [1.807, 2.05) is 30.3 Å². The van der Waals surface area contributed by atoms with Gasteiger partial charge in [-0.05, 0) is 12.5 Å². The minimum Gasteiger partial charge on any atom is -0.448 e. The van der Waals surface area contributed by atoms with Crippen molar-refractivity contribution in [3.05, 3.63) is 35.9 Å². The molecular formula is C13H15NO3. The maximum Gasteiger partial charge on any atom is 0.410 e. The van der Waals surface area contributed by atoms with E-state index in [2.05, 4.69) is 0 Å². The second-order valence-corrected chi connectivity index (χ2v) is 4.14. The van der Waals surface area contributed by atoms with Gasteiger partial charge in [0.05, 0.1) is 12.6 Å². The van der Waals surface area contributed by atoms with Crippen molar-refractivity contribution in [2.75, 3.05) is 13.2 Å². The van der Waals surface area contributed by atoms with E-state index in [1.165, 1.54) is 6.92 Å². The molecule has 0 radical (unpaired) electrons. The van der Waals surface area contributed by atoms with Gasteiger partial charge in [-0.2, -0.15) is 0 Å². The summed E-state index contributed by atoms with van der Waals surface area (Å²) in [5.41, 5.74) is 0.974. The number of hydrogen-bond donors (Lipinski definition) is 0. The van der Waals surface area contributed by atoms with Crippen LogP contribution in [0.25, 0.3) is 0 Å². The zero-order valence-electron chi connectivity index (χ0n) is 9.76. The van der Waals surface area contributed by atoms with Gasteiger partial charge in [0.25, 0.3) is 0 Å². The SMILES string of the molecule is CC(=O)CC(c1ccccc1)N1CCOC1=O. The van der Waals surface area contributed by atoms with Gasteiger partial charge in [0.15, 0.2) is 0 Å². The van der Waals surface area contributed by atoms with Gasteiger partial charge in [0.2, 0.25) is 0 Å². The number of ether oxygens (including phenoxy) is 1. The second-order valence-electron chi connectivity index (χ2n) is 4.14. The zero-order chi connectivity index (χ0) is 12.3. The first-order chi connectivity index (χ1) is 8.18. The number of amides is 1. The predicted octanol–water partition coefficient (Wildman–Crippen LogP) is 2.16. The number of Topliss-reactive ketones (excluding diaryl/α,β-unsaturated/α-hetero) is 1. The van der Waals surface area contributed by atoms with E-state index in [0.29, 0.717) is 19.6 Å². The fourth-order valence-electron chi connectivity index (χ4n) is 2.04. The Bertz CT molecular complexity index is 416. The smallest absolute Gasteiger partial charge is 0.410 e. The molecular weight excluding hydrogens is 218 g/mol. The van der Waals surface area contributed by atoms with Crippen molar-refractivity contribution in [2.45, 2.75) is 19.4 Å². The van der Waals surface area contributed by atoms with Crippen molar-refractivity contribution in [1.29, 1.82) is 0 Å². The molecule has 1 atom stereocenters. The molecule has 1 aromatic rings. The molecule has 17 heavy (non-hydrogen) atoms. The lowest BCUT2D eigenvalue weighted by molar-refractivity contribution is -0.118. The summed E-state index contributed by atoms with van der Waals surface area (Å²) >= 11 is 0. The van der Waals surface area contributed by atoms with Gasteiger partial charge in [-0.25, -0.2) is 4.79 Å². The number of nitrogens with zero attached hydrogens (tertiary/aromatic N) is 1. The molecule has 1 aromatic carbocycles. The lowest BCUT2D eigenvalue weighted by atomic mass is 10.0. The molecule has 4 nitrogen and oxygen atoms in total. The Morgan fingerprint density at radius 3 is 2.65 bits per heavy atom. The van der Waals surface area contributed by atoms with Crippen molar-refractivity contribution in [3.63, 3.8) is 0 Å². The van der Waals surface area contributed by atoms with Crippen LogP contribution >= 0.6 is 0 Å². The average molecular weight is 233 g/mol. The molecule has 1 saturated heterocycles. The Kier molecular flexibility index (Phi) is 3.42. The van der Waals surface area contributed by atoms with Crippen molar-refractivity contribution >= 4 is 11.9 Å². The van der Waals surface area contributed by atoms with Crippen LogP contribution in [0.5, 0.6) is 0 Å². The van der Waals surface area contributed by atoms with Crippen LogP contribution in [0, 0.1) is 0 Å². The van der Waals surface area contributed by atoms with Crippen LogP contribution in [0.4, 0.5) is 4.79 Å². The maximum atomic E-state index is 11.6. The van der Waals surface area contributed by atoms with Crippen LogP contribution in [0.1, 0.15) is 24.9 Å². The van der Waals surface area contributed by atoms with Gasteiger partial charge in [-0.15, -0.1) is 0 Å². The molecule has 1 aliphatic heterocycles. The molecule has 1 heterocycles. The lowest BCUT2D eigenvalue weighted by Crippen LogP contribution is -2.30. The zero-order valence-corrected chi connectivity index (χ0v) is 9.76. The van der Waals surface area contributed by atoms with E-state index >= 15 is 0 Å². The molecule has 0 bridgehead atoms. The number of carbonyl (C=O) groups excluding carboxylic acids is 2. The lowest BCUT2D eigenvalue weighted by Gasteiger charge is -2.25. The molecule has 2 rings (SSSR count). The standard InChI is InChI=1S/C13H15NO3/c1-10(15)9-12(11-5-3-2-4-6-11)14-7-8-17-13(14)16/h2-6,12H,7-9H2,1H3. The topological polar surface area (TPSA) is 46.6 Å². The van der Waals surface area contributed by atoms with E-state index in [1.54, 1.807) is 4.90 Å². The number of ketones is 1. The number of hydrogen-bond acceptors (Lipinski definition) is 3. The fourth-order valence-corrected chi connectivity index (χ4v) is 2.04. The molecule has 1 unspecified atom stereocenters. The van der Waals surface area contributed by atoms with Crippen LogP contribution in [-0.2, 0) is 9.53 Å². The maximum absolute atomic E-state index is 11.6. The van der Waals surface area contributed by atoms with Gasteiger partial charge in [0, 0.05) is 6.42 Å². The molecule has 0 saturated carbocycles. The molecule has 0 aromatic heterocycles. The Labute approximate surface area is 100 Å². The summed E-state index contributed by atoms with van der Waals surface area (Å²) in [5.74, 6) is 0.0681. The highest BCUT2D eigenvalue weighted by molar-refractivity contribution is 5.78. The van der Waals surface area contributed by atoms with Crippen LogP contribution in [0.2, 0.25) is 0 Å². The monoisotopic (exact) mass is 233 g/mol. The fraction of sp³-hybridized carbons (Fsp3) is 0.385. The normalized spacial score (nSPS) is 16.8. The van der Waals surface area contributed by atoms with Crippen molar-refractivity contribution < 1.29 is 14.3 Å². The largest absolute Gasteiger partial charge is 0.448 e. The van der Waals surface area contributed by atoms with Gasteiger partial charge < -0.3 is 4.74 Å². The van der Waals surface area contributed by atoms with Gasteiger partial charge >= 0.3 is 6.09 Å². The van der Waals surface area contributed by atoms with Crippen LogP contribution < -0.4 is 0 Å². The Hall–Kier alpha value is -1.84.